The molecule has 1 aliphatic rings. The second kappa shape index (κ2) is 8.06. The third-order valence-electron chi connectivity index (χ3n) is 5.86. The van der Waals surface area contributed by atoms with Crippen molar-refractivity contribution in [2.24, 2.45) is 0 Å². The van der Waals surface area contributed by atoms with Gasteiger partial charge in [0.05, 0.1) is 11.2 Å². The molecule has 1 aliphatic heterocycles. The van der Waals surface area contributed by atoms with Gasteiger partial charge in [-0.25, -0.2) is 0 Å². The fourth-order valence-electron chi connectivity index (χ4n) is 3.37. The van der Waals surface area contributed by atoms with Crippen LogP contribution in [-0.4, -0.2) is 24.1 Å². The van der Waals surface area contributed by atoms with E-state index in [1.807, 2.05) is 48.5 Å². The third-order valence-corrected chi connectivity index (χ3v) is 5.86. The Morgan fingerprint density at radius 2 is 1.25 bits per heavy atom. The third kappa shape index (κ3) is 4.29. The summed E-state index contributed by atoms with van der Waals surface area (Å²) in [4.78, 5) is 12.6. The van der Waals surface area contributed by atoms with Gasteiger partial charge >= 0.3 is 7.12 Å². The van der Waals surface area contributed by atoms with E-state index in [0.29, 0.717) is 12.8 Å². The minimum absolute atomic E-state index is 0.154. The molecule has 0 radical (unpaired) electrons. The zero-order valence-electron chi connectivity index (χ0n) is 17.5. The molecule has 0 atom stereocenters. The second-order valence-corrected chi connectivity index (χ2v) is 8.44. The highest BCUT2D eigenvalue weighted by molar-refractivity contribution is 6.69. The van der Waals surface area contributed by atoms with Crippen LogP contribution in [0.5, 0.6) is 0 Å². The van der Waals surface area contributed by atoms with Gasteiger partial charge in [0.15, 0.2) is 5.78 Å². The van der Waals surface area contributed by atoms with Crippen molar-refractivity contribution in [1.29, 1.82) is 0 Å². The van der Waals surface area contributed by atoms with Gasteiger partial charge in [0.1, 0.15) is 0 Å². The standard InChI is InChI=1S/C24H29BO3/c1-18(16-17-21(26)19-12-8-6-9-13-19)22(20-14-10-7-11-15-20)25-27-23(2,3)24(4,5)28-25/h6-15H,16-17H2,1-5H3/b22-18+. The van der Waals surface area contributed by atoms with Crippen LogP contribution in [0.25, 0.3) is 5.47 Å². The normalized spacial score (nSPS) is 18.7. The Labute approximate surface area is 168 Å². The molecule has 0 unspecified atom stereocenters. The molecule has 4 heteroatoms. The molecule has 1 saturated heterocycles. The summed E-state index contributed by atoms with van der Waals surface area (Å²) in [6.07, 6.45) is 1.13. The summed E-state index contributed by atoms with van der Waals surface area (Å²) in [5.41, 5.74) is 3.17. The molecule has 0 amide bonds. The molecule has 3 rings (SSSR count). The van der Waals surface area contributed by atoms with Crippen molar-refractivity contribution in [3.05, 3.63) is 77.4 Å². The van der Waals surface area contributed by atoms with Crippen LogP contribution in [-0.2, 0) is 9.31 Å². The first-order valence-electron chi connectivity index (χ1n) is 9.90. The number of ketones is 1. The zero-order valence-corrected chi connectivity index (χ0v) is 17.5. The lowest BCUT2D eigenvalue weighted by molar-refractivity contribution is 0.00578. The Kier molecular flexibility index (Phi) is 5.92. The highest BCUT2D eigenvalue weighted by Gasteiger charge is 2.52. The highest BCUT2D eigenvalue weighted by Crippen LogP contribution is 2.41. The van der Waals surface area contributed by atoms with Gasteiger partial charge in [0.2, 0.25) is 0 Å². The fourth-order valence-corrected chi connectivity index (χ4v) is 3.37. The number of carbonyl (C=O) groups is 1. The molecule has 0 spiro atoms. The first kappa shape index (κ1) is 20.6. The lowest BCUT2D eigenvalue weighted by Crippen LogP contribution is -2.41. The van der Waals surface area contributed by atoms with Crippen LogP contribution in [0.3, 0.4) is 0 Å². The molecule has 0 bridgehead atoms. The molecule has 1 fully saturated rings. The van der Waals surface area contributed by atoms with Crippen molar-refractivity contribution < 1.29 is 14.1 Å². The highest BCUT2D eigenvalue weighted by atomic mass is 16.7. The number of hydrogen-bond donors (Lipinski definition) is 0. The van der Waals surface area contributed by atoms with E-state index in [0.717, 1.165) is 22.2 Å². The summed E-state index contributed by atoms with van der Waals surface area (Å²) in [5.74, 6) is 0.154. The molecule has 146 valence electrons. The van der Waals surface area contributed by atoms with Crippen LogP contribution in [0.15, 0.2) is 66.2 Å². The van der Waals surface area contributed by atoms with Crippen LogP contribution in [0.4, 0.5) is 0 Å². The smallest absolute Gasteiger partial charge is 0.399 e. The number of allylic oxidation sites excluding steroid dienone is 1. The van der Waals surface area contributed by atoms with E-state index < -0.39 is 18.3 Å². The molecule has 2 aromatic carbocycles. The number of benzene rings is 2. The minimum atomic E-state index is -0.445. The van der Waals surface area contributed by atoms with Crippen LogP contribution in [0.1, 0.15) is 63.4 Å². The predicted molar refractivity (Wildman–Crippen MR) is 115 cm³/mol. The van der Waals surface area contributed by atoms with Crippen molar-refractivity contribution in [3.63, 3.8) is 0 Å². The van der Waals surface area contributed by atoms with Gasteiger partial charge in [0.25, 0.3) is 0 Å². The molecule has 0 N–H and O–H groups in total. The molecule has 0 saturated carbocycles. The average molecular weight is 376 g/mol. The lowest BCUT2D eigenvalue weighted by atomic mass is 9.70. The number of hydrogen-bond acceptors (Lipinski definition) is 3. The number of rotatable bonds is 6. The Balaban J connectivity index is 1.87. The van der Waals surface area contributed by atoms with Gasteiger partial charge < -0.3 is 9.31 Å². The van der Waals surface area contributed by atoms with Gasteiger partial charge in [-0.05, 0) is 52.1 Å². The lowest BCUT2D eigenvalue weighted by Gasteiger charge is -2.32. The van der Waals surface area contributed by atoms with E-state index >= 15 is 0 Å². The van der Waals surface area contributed by atoms with Gasteiger partial charge in [-0.2, -0.15) is 0 Å². The van der Waals surface area contributed by atoms with Gasteiger partial charge in [0, 0.05) is 12.0 Å². The molecule has 3 nitrogen and oxygen atoms in total. The molecular weight excluding hydrogens is 347 g/mol. The molecule has 28 heavy (non-hydrogen) atoms. The largest absolute Gasteiger partial charge is 0.495 e. The summed E-state index contributed by atoms with van der Waals surface area (Å²) < 4.78 is 12.7. The monoisotopic (exact) mass is 376 g/mol. The van der Waals surface area contributed by atoms with Gasteiger partial charge in [-0.15, -0.1) is 0 Å². The zero-order chi connectivity index (χ0) is 20.4. The first-order valence-corrected chi connectivity index (χ1v) is 9.90. The SMILES string of the molecule is C/C(CCC(=O)c1ccccc1)=C(\B1OC(C)(C)C(C)(C)O1)c1ccccc1. The molecule has 0 aromatic heterocycles. The molecule has 1 heterocycles. The minimum Gasteiger partial charge on any atom is -0.399 e. The molecule has 0 aliphatic carbocycles. The number of Topliss-reactive ketones (excluding diaryl/α,β-unsaturated/α-hetero) is 1. The van der Waals surface area contributed by atoms with Crippen LogP contribution in [0, 0.1) is 0 Å². The Bertz CT molecular complexity index is 838. The summed E-state index contributed by atoms with van der Waals surface area (Å²) in [6, 6.07) is 19.6. The molecule has 2 aromatic rings. The van der Waals surface area contributed by atoms with Gasteiger partial charge in [-0.1, -0.05) is 66.2 Å². The first-order chi connectivity index (χ1) is 13.2. The van der Waals surface area contributed by atoms with Crippen molar-refractivity contribution in [2.45, 2.75) is 58.7 Å². The average Bonchev–Trinajstić information content (AvgIpc) is 2.88. The topological polar surface area (TPSA) is 35.5 Å². The molecular formula is C24H29BO3. The van der Waals surface area contributed by atoms with Crippen molar-refractivity contribution in [2.75, 3.05) is 0 Å². The van der Waals surface area contributed by atoms with Crippen molar-refractivity contribution >= 4 is 18.4 Å². The summed E-state index contributed by atoms with van der Waals surface area (Å²) in [7, 11) is -0.445. The fraction of sp³-hybridized carbons (Fsp3) is 0.375. The summed E-state index contributed by atoms with van der Waals surface area (Å²) >= 11 is 0. The maximum absolute atomic E-state index is 12.6. The Morgan fingerprint density at radius 3 is 1.75 bits per heavy atom. The Hall–Kier alpha value is -2.17. The summed E-state index contributed by atoms with van der Waals surface area (Å²) in [6.45, 7) is 10.3. The van der Waals surface area contributed by atoms with E-state index in [1.54, 1.807) is 0 Å². The van der Waals surface area contributed by atoms with Crippen molar-refractivity contribution in [1.82, 2.24) is 0 Å². The van der Waals surface area contributed by atoms with E-state index in [1.165, 1.54) is 0 Å². The second-order valence-electron chi connectivity index (χ2n) is 8.44. The van der Waals surface area contributed by atoms with Crippen LogP contribution >= 0.6 is 0 Å². The maximum Gasteiger partial charge on any atom is 0.495 e. The van der Waals surface area contributed by atoms with Gasteiger partial charge in [-0.3, -0.25) is 4.79 Å². The van der Waals surface area contributed by atoms with Crippen LogP contribution < -0.4 is 0 Å². The maximum atomic E-state index is 12.6. The van der Waals surface area contributed by atoms with E-state index in [4.69, 9.17) is 9.31 Å². The van der Waals surface area contributed by atoms with Crippen LogP contribution in [0.2, 0.25) is 0 Å². The summed E-state index contributed by atoms with van der Waals surface area (Å²) in [5, 5.41) is 0. The van der Waals surface area contributed by atoms with E-state index in [9.17, 15) is 4.79 Å². The number of carbonyl (C=O) groups excluding carboxylic acids is 1. The van der Waals surface area contributed by atoms with Crippen molar-refractivity contribution in [3.8, 4) is 0 Å². The quantitative estimate of drug-likeness (QED) is 0.475. The predicted octanol–water partition coefficient (Wildman–Crippen LogP) is 5.75. The van der Waals surface area contributed by atoms with E-state index in [-0.39, 0.29) is 5.78 Å². The van der Waals surface area contributed by atoms with E-state index in [2.05, 4.69) is 46.8 Å². The Morgan fingerprint density at radius 1 is 0.786 bits per heavy atom.